The average Bonchev–Trinajstić information content (AvgIpc) is 2.54. The molecule has 2 nitrogen and oxygen atoms in total. The lowest BCUT2D eigenvalue weighted by Crippen LogP contribution is -2.53. The molecular weight excluding hydrogens is 292 g/mol. The maximum absolute atomic E-state index is 9.67. The monoisotopic (exact) mass is 314 g/mol. The van der Waals surface area contributed by atoms with Gasteiger partial charge in [-0.15, -0.1) is 0 Å². The van der Waals surface area contributed by atoms with Crippen LogP contribution in [0.4, 0.5) is 0 Å². The standard InChI is InChI=1S/C22H22N2/c23-19-5-1-17(2-6-19)21-10-15-9-16(11-21)13-22(12-15,14-21)18-3-7-20(24)8-4-18/h1-8,15-16H,9-14H2. The third-order valence-electron chi connectivity index (χ3n) is 7.02. The summed E-state index contributed by atoms with van der Waals surface area (Å²) in [7, 11) is 0. The summed E-state index contributed by atoms with van der Waals surface area (Å²) in [5.74, 6) is 1.63. The van der Waals surface area contributed by atoms with Gasteiger partial charge >= 0.3 is 0 Å². The van der Waals surface area contributed by atoms with Gasteiger partial charge in [0.25, 0.3) is 0 Å². The van der Waals surface area contributed by atoms with Gasteiger partial charge in [0.1, 0.15) is 0 Å². The Bertz CT molecular complexity index is 672. The van der Waals surface area contributed by atoms with E-state index in [0.717, 1.165) is 11.8 Å². The van der Waals surface area contributed by atoms with Crippen molar-refractivity contribution in [2.24, 2.45) is 22.7 Å². The number of allylic oxidation sites excluding steroid dienone is 8. The fraction of sp³-hybridized carbons (Fsp3) is 0.455. The molecule has 6 aliphatic rings. The first-order valence-corrected chi connectivity index (χ1v) is 9.16. The highest BCUT2D eigenvalue weighted by Gasteiger charge is 2.62. The van der Waals surface area contributed by atoms with Crippen molar-refractivity contribution in [3.05, 3.63) is 71.3 Å². The van der Waals surface area contributed by atoms with Gasteiger partial charge < -0.3 is 10.8 Å². The predicted molar refractivity (Wildman–Crippen MR) is 99.3 cm³/mol. The molecule has 4 bridgehead atoms. The fourth-order valence-corrected chi connectivity index (χ4v) is 6.57. The molecule has 6 rings (SSSR count). The predicted octanol–water partition coefficient (Wildman–Crippen LogP) is 4.99. The van der Waals surface area contributed by atoms with E-state index in [-0.39, 0.29) is 10.8 Å². The van der Waals surface area contributed by atoms with Crippen LogP contribution in [0.25, 0.3) is 10.8 Å². The highest BCUT2D eigenvalue weighted by atomic mass is 14.6. The summed E-state index contributed by atoms with van der Waals surface area (Å²) in [5, 5.41) is 19.3. The van der Waals surface area contributed by atoms with Crippen molar-refractivity contribution in [1.82, 2.24) is 0 Å². The molecule has 0 amide bonds. The SMILES string of the molecule is [N-]=C1C=CC(C23CC4CC(C2)CC(C2=C[CH+]C(=[N-])C=C2)(C4)C3)=C[CH+]1. The van der Waals surface area contributed by atoms with E-state index in [9.17, 15) is 10.8 Å². The zero-order valence-corrected chi connectivity index (χ0v) is 13.9. The van der Waals surface area contributed by atoms with Crippen LogP contribution in [0.2, 0.25) is 0 Å². The second-order valence-corrected chi connectivity index (χ2v) is 8.62. The molecule has 0 aromatic carbocycles. The first kappa shape index (κ1) is 14.4. The van der Waals surface area contributed by atoms with Gasteiger partial charge in [-0.3, -0.25) is 0 Å². The Hall–Kier alpha value is -1.96. The second-order valence-electron chi connectivity index (χ2n) is 8.62. The minimum Gasteiger partial charge on any atom is -0.779 e. The molecule has 24 heavy (non-hydrogen) atoms. The lowest BCUT2D eigenvalue weighted by Gasteiger charge is -2.60. The lowest BCUT2D eigenvalue weighted by molar-refractivity contribution is -0.0706. The zero-order valence-electron chi connectivity index (χ0n) is 13.9. The molecule has 0 unspecified atom stereocenters. The summed E-state index contributed by atoms with van der Waals surface area (Å²) >= 11 is 0. The minimum atomic E-state index is 0.273. The van der Waals surface area contributed by atoms with Crippen molar-refractivity contribution in [3.8, 4) is 0 Å². The van der Waals surface area contributed by atoms with Crippen LogP contribution in [0.1, 0.15) is 38.5 Å². The summed E-state index contributed by atoms with van der Waals surface area (Å²) in [6, 6.07) is 0. The Morgan fingerprint density at radius 1 is 0.750 bits per heavy atom. The van der Waals surface area contributed by atoms with Gasteiger partial charge in [-0.1, -0.05) is 0 Å². The van der Waals surface area contributed by atoms with Crippen molar-refractivity contribution < 1.29 is 0 Å². The molecule has 2 heteroatoms. The molecule has 4 fully saturated rings. The van der Waals surface area contributed by atoms with Gasteiger partial charge in [0, 0.05) is 35.8 Å². The Kier molecular flexibility index (Phi) is 2.87. The summed E-state index contributed by atoms with van der Waals surface area (Å²) in [6.45, 7) is 0. The van der Waals surface area contributed by atoms with Crippen LogP contribution >= 0.6 is 0 Å². The average molecular weight is 314 g/mol. The molecule has 4 saturated carbocycles. The highest BCUT2D eigenvalue weighted by molar-refractivity contribution is 6.07. The van der Waals surface area contributed by atoms with Gasteiger partial charge in [0.15, 0.2) is 0 Å². The van der Waals surface area contributed by atoms with Crippen molar-refractivity contribution in [2.45, 2.75) is 38.5 Å². The van der Waals surface area contributed by atoms with E-state index in [4.69, 9.17) is 0 Å². The van der Waals surface area contributed by atoms with E-state index in [1.165, 1.54) is 49.7 Å². The molecule has 0 radical (unpaired) electrons. The van der Waals surface area contributed by atoms with Gasteiger partial charge in [-0.05, 0) is 61.8 Å². The molecule has 6 aliphatic carbocycles. The zero-order chi connectivity index (χ0) is 16.4. The Labute approximate surface area is 144 Å². The number of hydrogen-bond acceptors (Lipinski definition) is 0. The van der Waals surface area contributed by atoms with Gasteiger partial charge in [0.2, 0.25) is 0 Å². The molecule has 0 aromatic rings. The third kappa shape index (κ3) is 2.02. The van der Waals surface area contributed by atoms with Crippen molar-refractivity contribution in [1.29, 1.82) is 0 Å². The fourth-order valence-electron chi connectivity index (χ4n) is 6.57. The van der Waals surface area contributed by atoms with Crippen LogP contribution in [0.3, 0.4) is 0 Å². The lowest BCUT2D eigenvalue weighted by atomic mass is 9.41. The maximum Gasteiger partial charge on any atom is 0.0584 e. The number of hydrogen-bond donors (Lipinski definition) is 0. The normalized spacial score (nSPS) is 42.5. The largest absolute Gasteiger partial charge is 0.779 e. The molecule has 0 aromatic heterocycles. The van der Waals surface area contributed by atoms with Crippen LogP contribution in [-0.4, -0.2) is 11.4 Å². The first-order valence-electron chi connectivity index (χ1n) is 9.16. The number of nitrogens with zero attached hydrogens (tertiary/aromatic N) is 2. The number of rotatable bonds is 2. The van der Waals surface area contributed by atoms with Crippen molar-refractivity contribution >= 4 is 11.4 Å². The van der Waals surface area contributed by atoms with Crippen LogP contribution in [-0.2, 0) is 0 Å². The van der Waals surface area contributed by atoms with Gasteiger partial charge in [0.05, 0.1) is 35.5 Å². The summed E-state index contributed by atoms with van der Waals surface area (Å²) in [4.78, 5) is 0. The molecule has 0 spiro atoms. The second kappa shape index (κ2) is 4.78. The van der Waals surface area contributed by atoms with E-state index in [2.05, 4.69) is 24.3 Å². The van der Waals surface area contributed by atoms with Crippen LogP contribution in [0, 0.1) is 35.5 Å². The molecular formula is C22H22N2. The van der Waals surface area contributed by atoms with Crippen molar-refractivity contribution in [2.75, 3.05) is 0 Å². The summed E-state index contributed by atoms with van der Waals surface area (Å²) < 4.78 is 0. The maximum atomic E-state index is 9.67. The molecule has 0 saturated heterocycles. The Morgan fingerprint density at radius 2 is 1.21 bits per heavy atom. The van der Waals surface area contributed by atoms with Crippen LogP contribution in [0.15, 0.2) is 47.6 Å². The van der Waals surface area contributed by atoms with Gasteiger partial charge in [-0.2, -0.15) is 0 Å². The molecule has 0 N–H and O–H groups in total. The molecule has 0 heterocycles. The minimum absolute atomic E-state index is 0.273. The summed E-state index contributed by atoms with van der Waals surface area (Å²) in [5.41, 5.74) is 4.09. The Morgan fingerprint density at radius 3 is 1.58 bits per heavy atom. The topological polar surface area (TPSA) is 44.6 Å². The summed E-state index contributed by atoms with van der Waals surface area (Å²) in [6.07, 6.45) is 23.8. The molecule has 0 atom stereocenters. The van der Waals surface area contributed by atoms with Crippen molar-refractivity contribution in [3.63, 3.8) is 0 Å². The third-order valence-corrected chi connectivity index (χ3v) is 7.02. The first-order chi connectivity index (χ1) is 11.6. The quantitative estimate of drug-likeness (QED) is 0.644. The smallest absolute Gasteiger partial charge is 0.0584 e. The highest BCUT2D eigenvalue weighted by Crippen LogP contribution is 2.69. The van der Waals surface area contributed by atoms with E-state index in [0.29, 0.717) is 11.4 Å². The van der Waals surface area contributed by atoms with E-state index >= 15 is 0 Å². The molecule has 120 valence electrons. The van der Waals surface area contributed by atoms with Crippen LogP contribution < -0.4 is 0 Å². The van der Waals surface area contributed by atoms with Crippen LogP contribution in [0.5, 0.6) is 0 Å². The van der Waals surface area contributed by atoms with E-state index < -0.39 is 0 Å². The Balaban J connectivity index is 1.54. The molecule has 0 aliphatic heterocycles. The van der Waals surface area contributed by atoms with Gasteiger partial charge in [-0.25, -0.2) is 0 Å². The van der Waals surface area contributed by atoms with E-state index in [1.54, 1.807) is 0 Å². The van der Waals surface area contributed by atoms with E-state index in [1.807, 2.05) is 25.0 Å².